The average molecular weight is 660 g/mol. The fraction of sp³-hybridized carbons (Fsp3) is 0.611. The predicted octanol–water partition coefficient (Wildman–Crippen LogP) is 4.97. The topological polar surface area (TPSA) is 117 Å². The normalized spacial score (nSPS) is 21.4. The molecule has 6 heterocycles. The maximum Gasteiger partial charge on any atom is 0.318 e. The Labute approximate surface area is 281 Å². The Kier molecular flexibility index (Phi) is 9.38. The summed E-state index contributed by atoms with van der Waals surface area (Å²) >= 11 is 1.73. The zero-order valence-electron chi connectivity index (χ0n) is 27.9. The number of nitrogens with one attached hydrogen (secondary N) is 3. The van der Waals surface area contributed by atoms with Crippen LogP contribution >= 0.6 is 11.8 Å². The lowest BCUT2D eigenvalue weighted by Crippen LogP contribution is -2.59. The van der Waals surface area contributed by atoms with Crippen LogP contribution in [-0.4, -0.2) is 98.4 Å². The van der Waals surface area contributed by atoms with Gasteiger partial charge < -0.3 is 20.1 Å². The number of thioether (sulfide) groups is 1. The molecule has 3 amide bonds. The van der Waals surface area contributed by atoms with Crippen molar-refractivity contribution in [3.8, 4) is 0 Å². The van der Waals surface area contributed by atoms with Gasteiger partial charge >= 0.3 is 6.03 Å². The zero-order chi connectivity index (χ0) is 32.5. The quantitative estimate of drug-likeness (QED) is 0.344. The molecule has 47 heavy (non-hydrogen) atoms. The van der Waals surface area contributed by atoms with Gasteiger partial charge in [0.25, 0.3) is 5.56 Å². The first kappa shape index (κ1) is 32.2. The van der Waals surface area contributed by atoms with Crippen LogP contribution in [0.25, 0.3) is 10.9 Å². The molecule has 2 aromatic heterocycles. The molecule has 3 saturated heterocycles. The smallest absolute Gasteiger partial charge is 0.318 e. The molecule has 4 aliphatic rings. The molecule has 11 heteroatoms. The number of fused-ring (bicyclic) bond motifs is 2. The van der Waals surface area contributed by atoms with E-state index in [0.717, 1.165) is 90.0 Å². The van der Waals surface area contributed by atoms with Crippen LogP contribution in [0.1, 0.15) is 86.5 Å². The Hall–Kier alpha value is -3.31. The number of urea groups is 1. The van der Waals surface area contributed by atoms with Crippen LogP contribution in [0.5, 0.6) is 0 Å². The third-order valence-electron chi connectivity index (χ3n) is 11.3. The first-order valence-corrected chi connectivity index (χ1v) is 18.7. The summed E-state index contributed by atoms with van der Waals surface area (Å²) in [6.07, 6.45) is 11.6. The fourth-order valence-electron chi connectivity index (χ4n) is 8.31. The molecule has 0 saturated carbocycles. The van der Waals surface area contributed by atoms with Gasteiger partial charge in [-0.15, -0.1) is 11.8 Å². The van der Waals surface area contributed by atoms with Crippen molar-refractivity contribution in [2.24, 2.45) is 0 Å². The van der Waals surface area contributed by atoms with Crippen LogP contribution in [-0.2, 0) is 17.6 Å². The van der Waals surface area contributed by atoms with E-state index >= 15 is 0 Å². The van der Waals surface area contributed by atoms with E-state index in [1.165, 1.54) is 24.8 Å². The zero-order valence-corrected chi connectivity index (χ0v) is 28.7. The Morgan fingerprint density at radius 2 is 1.79 bits per heavy atom. The number of aromatic nitrogens is 3. The average Bonchev–Trinajstić information content (AvgIpc) is 3.58. The van der Waals surface area contributed by atoms with Gasteiger partial charge in [0, 0.05) is 49.1 Å². The maximum atomic E-state index is 14.2. The summed E-state index contributed by atoms with van der Waals surface area (Å²) in [5.74, 6) is 1.18. The molecule has 3 N–H and O–H groups in total. The van der Waals surface area contributed by atoms with Gasteiger partial charge in [-0.1, -0.05) is 12.5 Å². The number of benzene rings is 1. The van der Waals surface area contributed by atoms with Gasteiger partial charge in [0.2, 0.25) is 5.91 Å². The van der Waals surface area contributed by atoms with Gasteiger partial charge in [-0.2, -0.15) is 5.10 Å². The summed E-state index contributed by atoms with van der Waals surface area (Å²) in [6.45, 7) is 9.23. The molecule has 10 nitrogen and oxygen atoms in total. The third kappa shape index (κ3) is 6.84. The van der Waals surface area contributed by atoms with E-state index in [0.29, 0.717) is 32.6 Å². The van der Waals surface area contributed by atoms with Crippen LogP contribution in [0.15, 0.2) is 34.2 Å². The number of aromatic amines is 2. The minimum atomic E-state index is -0.663. The molecule has 3 aromatic rings. The molecule has 4 aliphatic heterocycles. The number of rotatable bonds is 6. The van der Waals surface area contributed by atoms with E-state index in [4.69, 9.17) is 0 Å². The van der Waals surface area contributed by atoms with Gasteiger partial charge in [0.05, 0.1) is 16.7 Å². The summed E-state index contributed by atoms with van der Waals surface area (Å²) in [7, 11) is 0. The van der Waals surface area contributed by atoms with Gasteiger partial charge in [-0.3, -0.25) is 19.6 Å². The second-order valence-corrected chi connectivity index (χ2v) is 15.5. The lowest BCUT2D eigenvalue weighted by Gasteiger charge is -2.48. The van der Waals surface area contributed by atoms with Crippen molar-refractivity contribution in [1.82, 2.24) is 35.2 Å². The number of amides is 3. The number of nitrogens with zero attached hydrogens (tertiary/aromatic N) is 4. The highest BCUT2D eigenvalue weighted by Crippen LogP contribution is 2.33. The Morgan fingerprint density at radius 3 is 2.55 bits per heavy atom. The summed E-state index contributed by atoms with van der Waals surface area (Å²) in [6, 6.07) is 5.42. The van der Waals surface area contributed by atoms with Crippen molar-refractivity contribution < 1.29 is 9.59 Å². The molecule has 1 aromatic carbocycles. The summed E-state index contributed by atoms with van der Waals surface area (Å²) in [4.78, 5) is 50.5. The number of aryl methyl sites for hydroxylation is 2. The number of likely N-dealkylation sites (tertiary alicyclic amines) is 3. The molecule has 0 aliphatic carbocycles. The van der Waals surface area contributed by atoms with Crippen molar-refractivity contribution in [3.05, 3.63) is 57.0 Å². The molecule has 252 valence electrons. The number of H-pyrrole nitrogens is 2. The van der Waals surface area contributed by atoms with Crippen molar-refractivity contribution in [2.45, 2.75) is 101 Å². The van der Waals surface area contributed by atoms with Crippen molar-refractivity contribution in [2.75, 3.05) is 45.0 Å². The second kappa shape index (κ2) is 13.7. The summed E-state index contributed by atoms with van der Waals surface area (Å²) in [5, 5.41) is 12.5. The molecular weight excluding hydrogens is 611 g/mol. The second-order valence-electron chi connectivity index (χ2n) is 14.4. The molecule has 0 bridgehead atoms. The number of carbonyl (C=O) groups excluding carboxylic acids is 2. The van der Waals surface area contributed by atoms with Gasteiger partial charge in [-0.25, -0.2) is 4.79 Å². The molecule has 1 atom stereocenters. The first-order chi connectivity index (χ1) is 22.8. The van der Waals surface area contributed by atoms with E-state index in [-0.39, 0.29) is 29.0 Å². The SMILES string of the molecule is Cc1cc(C[C@@H](NC(=O)N2CCC(c3cc4c([nH]c3=O)SCCC4)CC2)C(=O)N2CCC(C)(N3CCCCC3)CC2)cc2cn[nH]c12. The monoisotopic (exact) mass is 659 g/mol. The highest BCUT2D eigenvalue weighted by Gasteiger charge is 2.39. The van der Waals surface area contributed by atoms with E-state index in [1.54, 1.807) is 11.8 Å². The lowest BCUT2D eigenvalue weighted by molar-refractivity contribution is -0.136. The third-order valence-corrected chi connectivity index (χ3v) is 12.4. The fourth-order valence-corrected chi connectivity index (χ4v) is 9.31. The predicted molar refractivity (Wildman–Crippen MR) is 186 cm³/mol. The lowest BCUT2D eigenvalue weighted by atomic mass is 9.85. The van der Waals surface area contributed by atoms with Crippen molar-refractivity contribution in [3.63, 3.8) is 0 Å². The highest BCUT2D eigenvalue weighted by molar-refractivity contribution is 7.99. The van der Waals surface area contributed by atoms with Crippen LogP contribution in [0.4, 0.5) is 4.79 Å². The Balaban J connectivity index is 1.04. The Bertz CT molecular complexity index is 1660. The largest absolute Gasteiger partial charge is 0.341 e. The van der Waals surface area contributed by atoms with E-state index in [9.17, 15) is 14.4 Å². The van der Waals surface area contributed by atoms with Crippen molar-refractivity contribution in [1.29, 1.82) is 0 Å². The first-order valence-electron chi connectivity index (χ1n) is 17.7. The number of hydrogen-bond donors (Lipinski definition) is 3. The molecular formula is C36H49N7O3S. The highest BCUT2D eigenvalue weighted by atomic mass is 32.2. The number of pyridine rings is 1. The molecule has 0 radical (unpaired) electrons. The molecule has 0 unspecified atom stereocenters. The van der Waals surface area contributed by atoms with Gasteiger partial charge in [0.1, 0.15) is 6.04 Å². The molecule has 0 spiro atoms. The van der Waals surface area contributed by atoms with E-state index in [1.807, 2.05) is 22.9 Å². The van der Waals surface area contributed by atoms with Crippen LogP contribution < -0.4 is 10.9 Å². The van der Waals surface area contributed by atoms with Gasteiger partial charge in [0.15, 0.2) is 0 Å². The van der Waals surface area contributed by atoms with Crippen molar-refractivity contribution >= 4 is 34.6 Å². The van der Waals surface area contributed by atoms with Gasteiger partial charge in [-0.05, 0) is 119 Å². The minimum absolute atomic E-state index is 0.00247. The number of piperidine rings is 3. The number of carbonyl (C=O) groups is 2. The standard InChI is InChI=1S/C36H49N7O3S/c1-24-19-25(20-28-23-37-40-31(24)28)21-30(34(45)41-16-10-36(2,11-17-41)43-12-4-3-5-13-43)38-35(46)42-14-8-26(9-15-42)29-22-27-7-6-18-47-33(27)39-32(29)44/h19-20,22-23,26,30H,3-18,21H2,1-2H3,(H,37,40)(H,38,46)(H,39,44)/t30-/m1/s1. The molecule has 3 fully saturated rings. The summed E-state index contributed by atoms with van der Waals surface area (Å²) in [5.41, 5.74) is 5.31. The summed E-state index contributed by atoms with van der Waals surface area (Å²) < 4.78 is 0. The van der Waals surface area contributed by atoms with Crippen LogP contribution in [0, 0.1) is 6.92 Å². The van der Waals surface area contributed by atoms with E-state index in [2.05, 4.69) is 50.5 Å². The van der Waals surface area contributed by atoms with Crippen LogP contribution in [0.2, 0.25) is 0 Å². The Morgan fingerprint density at radius 1 is 1.02 bits per heavy atom. The minimum Gasteiger partial charge on any atom is -0.341 e. The van der Waals surface area contributed by atoms with Crippen LogP contribution in [0.3, 0.4) is 0 Å². The maximum absolute atomic E-state index is 14.2. The molecule has 7 rings (SSSR count). The number of hydrogen-bond acceptors (Lipinski definition) is 6. The van der Waals surface area contributed by atoms with E-state index < -0.39 is 6.04 Å².